The fraction of sp³-hybridized carbons (Fsp3) is 0. The van der Waals surface area contributed by atoms with Crippen LogP contribution in [-0.4, -0.2) is 24.7 Å². The second-order valence-corrected chi connectivity index (χ2v) is 5.18. The Labute approximate surface area is 138 Å². The van der Waals surface area contributed by atoms with E-state index in [0.29, 0.717) is 23.4 Å². The van der Waals surface area contributed by atoms with E-state index in [4.69, 9.17) is 5.73 Å². The van der Waals surface area contributed by atoms with E-state index in [9.17, 15) is 0 Å². The summed E-state index contributed by atoms with van der Waals surface area (Å²) in [5, 5.41) is 4.19. The number of nitrogens with zero attached hydrogens (tertiary/aromatic N) is 5. The number of hydrogen-bond acceptors (Lipinski definition) is 5. The zero-order valence-electron chi connectivity index (χ0n) is 12.7. The zero-order chi connectivity index (χ0) is 16.4. The third-order valence-corrected chi connectivity index (χ3v) is 3.55. The molecule has 2 aromatic heterocycles. The molecule has 0 unspecified atom stereocenters. The molecule has 0 amide bonds. The molecule has 0 fully saturated rings. The zero-order valence-corrected chi connectivity index (χ0v) is 12.7. The highest BCUT2D eigenvalue weighted by Gasteiger charge is 2.13. The van der Waals surface area contributed by atoms with Gasteiger partial charge in [-0.25, -0.2) is 4.98 Å². The molecule has 116 valence electrons. The molecule has 0 spiro atoms. The minimum Gasteiger partial charge on any atom is -0.383 e. The summed E-state index contributed by atoms with van der Waals surface area (Å²) in [5.74, 6) is 2.02. The van der Waals surface area contributed by atoms with Gasteiger partial charge in [-0.05, 0) is 0 Å². The predicted octanol–water partition coefficient (Wildman–Crippen LogP) is 2.97. The predicted molar refractivity (Wildman–Crippen MR) is 92.2 cm³/mol. The molecule has 2 heterocycles. The Balaban J connectivity index is 1.93. The van der Waals surface area contributed by atoms with Crippen molar-refractivity contribution in [3.05, 3.63) is 72.9 Å². The van der Waals surface area contributed by atoms with Crippen molar-refractivity contribution in [2.75, 3.05) is 5.73 Å². The Bertz CT molecular complexity index is 905. The van der Waals surface area contributed by atoms with Gasteiger partial charge >= 0.3 is 0 Å². The molecule has 0 radical (unpaired) electrons. The van der Waals surface area contributed by atoms with Gasteiger partial charge in [0.15, 0.2) is 11.6 Å². The first kappa shape index (κ1) is 14.1. The van der Waals surface area contributed by atoms with Crippen LogP contribution in [0, 0.1) is 0 Å². The van der Waals surface area contributed by atoms with Crippen LogP contribution in [0.5, 0.6) is 0 Å². The lowest BCUT2D eigenvalue weighted by Gasteiger charge is -2.08. The third-order valence-electron chi connectivity index (χ3n) is 3.55. The maximum Gasteiger partial charge on any atom is 0.256 e. The van der Waals surface area contributed by atoms with Crippen LogP contribution in [0.1, 0.15) is 0 Å². The maximum absolute atomic E-state index is 5.95. The van der Waals surface area contributed by atoms with Gasteiger partial charge in [0.05, 0.1) is 6.20 Å². The standard InChI is InChI=1S/C18H14N6/c19-15-11-12-20-24(15)18-22-16(13-7-3-1-4-8-13)21-17(23-18)14-9-5-2-6-10-14/h1-12H,19H2. The van der Waals surface area contributed by atoms with E-state index < -0.39 is 0 Å². The monoisotopic (exact) mass is 314 g/mol. The van der Waals surface area contributed by atoms with Gasteiger partial charge in [-0.2, -0.15) is 19.7 Å². The van der Waals surface area contributed by atoms with Crippen molar-refractivity contribution in [2.45, 2.75) is 0 Å². The molecule has 0 aliphatic rings. The first-order valence-corrected chi connectivity index (χ1v) is 7.48. The summed E-state index contributed by atoms with van der Waals surface area (Å²) >= 11 is 0. The molecule has 4 aromatic rings. The topological polar surface area (TPSA) is 82.5 Å². The van der Waals surface area contributed by atoms with Crippen LogP contribution in [-0.2, 0) is 0 Å². The normalized spacial score (nSPS) is 10.7. The summed E-state index contributed by atoms with van der Waals surface area (Å²) in [4.78, 5) is 13.7. The summed E-state index contributed by atoms with van der Waals surface area (Å²) in [6.07, 6.45) is 1.61. The number of benzene rings is 2. The Hall–Kier alpha value is -3.54. The fourth-order valence-electron chi connectivity index (χ4n) is 2.37. The average Bonchev–Trinajstić information content (AvgIpc) is 3.09. The van der Waals surface area contributed by atoms with Crippen LogP contribution in [0.15, 0.2) is 72.9 Å². The highest BCUT2D eigenvalue weighted by atomic mass is 15.4. The molecule has 0 atom stereocenters. The summed E-state index contributed by atoms with van der Waals surface area (Å²) in [6, 6.07) is 21.2. The number of hydrogen-bond donors (Lipinski definition) is 1. The third kappa shape index (κ3) is 2.61. The van der Waals surface area contributed by atoms with Crippen LogP contribution in [0.4, 0.5) is 5.82 Å². The molecule has 6 heteroatoms. The van der Waals surface area contributed by atoms with Gasteiger partial charge in [-0.1, -0.05) is 60.7 Å². The Morgan fingerprint density at radius 2 is 1.21 bits per heavy atom. The summed E-state index contributed by atoms with van der Waals surface area (Å²) in [6.45, 7) is 0. The maximum atomic E-state index is 5.95. The molecule has 0 aliphatic heterocycles. The van der Waals surface area contributed by atoms with E-state index in [2.05, 4.69) is 20.1 Å². The number of anilines is 1. The Kier molecular flexibility index (Phi) is 3.47. The highest BCUT2D eigenvalue weighted by Crippen LogP contribution is 2.21. The number of nitrogen functional groups attached to an aromatic ring is 1. The molecule has 24 heavy (non-hydrogen) atoms. The Morgan fingerprint density at radius 1 is 0.667 bits per heavy atom. The largest absolute Gasteiger partial charge is 0.383 e. The molecule has 4 rings (SSSR count). The number of nitrogens with two attached hydrogens (primary N) is 1. The summed E-state index contributed by atoms with van der Waals surface area (Å²) < 4.78 is 1.50. The average molecular weight is 314 g/mol. The van der Waals surface area contributed by atoms with E-state index in [0.717, 1.165) is 11.1 Å². The van der Waals surface area contributed by atoms with Gasteiger partial charge in [0.25, 0.3) is 5.95 Å². The first-order chi connectivity index (χ1) is 11.8. The molecule has 0 saturated heterocycles. The molecule has 6 nitrogen and oxygen atoms in total. The summed E-state index contributed by atoms with van der Waals surface area (Å²) in [5.41, 5.74) is 7.76. The highest BCUT2D eigenvalue weighted by molar-refractivity contribution is 5.61. The molecular formula is C18H14N6. The van der Waals surface area contributed by atoms with Crippen molar-refractivity contribution < 1.29 is 0 Å². The second kappa shape index (κ2) is 5.92. The lowest BCUT2D eigenvalue weighted by molar-refractivity contribution is 0.809. The van der Waals surface area contributed by atoms with Crippen molar-refractivity contribution in [2.24, 2.45) is 0 Å². The van der Waals surface area contributed by atoms with Crippen molar-refractivity contribution >= 4 is 5.82 Å². The minimum absolute atomic E-state index is 0.394. The van der Waals surface area contributed by atoms with E-state index >= 15 is 0 Å². The van der Waals surface area contributed by atoms with Gasteiger partial charge in [-0.3, -0.25) is 0 Å². The molecule has 2 N–H and O–H groups in total. The van der Waals surface area contributed by atoms with Crippen LogP contribution >= 0.6 is 0 Å². The van der Waals surface area contributed by atoms with Crippen molar-refractivity contribution in [3.63, 3.8) is 0 Å². The van der Waals surface area contributed by atoms with E-state index in [1.165, 1.54) is 4.68 Å². The van der Waals surface area contributed by atoms with Crippen LogP contribution < -0.4 is 5.73 Å². The molecule has 0 saturated carbocycles. The van der Waals surface area contributed by atoms with Gasteiger partial charge < -0.3 is 5.73 Å². The van der Waals surface area contributed by atoms with Gasteiger partial charge in [0.1, 0.15) is 5.82 Å². The van der Waals surface area contributed by atoms with Crippen LogP contribution in [0.2, 0.25) is 0 Å². The first-order valence-electron chi connectivity index (χ1n) is 7.48. The minimum atomic E-state index is 0.394. The van der Waals surface area contributed by atoms with Crippen molar-refractivity contribution in [3.8, 4) is 28.7 Å². The van der Waals surface area contributed by atoms with Crippen LogP contribution in [0.3, 0.4) is 0 Å². The van der Waals surface area contributed by atoms with E-state index in [-0.39, 0.29) is 0 Å². The van der Waals surface area contributed by atoms with Gasteiger partial charge in [0, 0.05) is 17.2 Å². The van der Waals surface area contributed by atoms with Gasteiger partial charge in [0.2, 0.25) is 0 Å². The smallest absolute Gasteiger partial charge is 0.256 e. The SMILES string of the molecule is Nc1ccnn1-c1nc(-c2ccccc2)nc(-c2ccccc2)n1. The quantitative estimate of drug-likeness (QED) is 0.628. The second-order valence-electron chi connectivity index (χ2n) is 5.18. The Morgan fingerprint density at radius 3 is 1.67 bits per heavy atom. The van der Waals surface area contributed by atoms with Crippen molar-refractivity contribution in [1.82, 2.24) is 24.7 Å². The lowest BCUT2D eigenvalue weighted by Crippen LogP contribution is -2.09. The lowest BCUT2D eigenvalue weighted by atomic mass is 10.2. The molecule has 0 bridgehead atoms. The molecular weight excluding hydrogens is 300 g/mol. The number of rotatable bonds is 3. The van der Waals surface area contributed by atoms with Gasteiger partial charge in [-0.15, -0.1) is 0 Å². The van der Waals surface area contributed by atoms with E-state index in [1.54, 1.807) is 12.3 Å². The summed E-state index contributed by atoms with van der Waals surface area (Å²) in [7, 11) is 0. The molecule has 0 aliphatic carbocycles. The van der Waals surface area contributed by atoms with Crippen LogP contribution in [0.25, 0.3) is 28.7 Å². The van der Waals surface area contributed by atoms with E-state index in [1.807, 2.05) is 60.7 Å². The van der Waals surface area contributed by atoms with Crippen molar-refractivity contribution in [1.29, 1.82) is 0 Å². The number of aromatic nitrogens is 5. The molecule has 2 aromatic carbocycles. The fourth-order valence-corrected chi connectivity index (χ4v) is 2.37.